The van der Waals surface area contributed by atoms with Gasteiger partial charge in [0.15, 0.2) is 0 Å². The van der Waals surface area contributed by atoms with Crippen molar-refractivity contribution in [2.75, 3.05) is 0 Å². The number of nitrogens with one attached hydrogen (secondary N) is 1. The number of carbonyl (C=O) groups is 1. The maximum atomic E-state index is 12.4. The van der Waals surface area contributed by atoms with E-state index in [2.05, 4.69) is 29.5 Å². The van der Waals surface area contributed by atoms with Crippen LogP contribution in [-0.4, -0.2) is 15.7 Å². The third kappa shape index (κ3) is 3.29. The number of rotatable bonds is 6. The third-order valence-electron chi connectivity index (χ3n) is 5.18. The van der Waals surface area contributed by atoms with Gasteiger partial charge in [-0.1, -0.05) is 30.3 Å². The van der Waals surface area contributed by atoms with Crippen LogP contribution < -0.4 is 5.32 Å². The van der Waals surface area contributed by atoms with E-state index in [-0.39, 0.29) is 17.7 Å². The molecule has 0 aliphatic heterocycles. The largest absolute Gasteiger partial charge is 0.469 e. The first-order chi connectivity index (χ1) is 12.6. The van der Waals surface area contributed by atoms with Crippen molar-refractivity contribution in [3.63, 3.8) is 0 Å². The first kappa shape index (κ1) is 16.6. The van der Waals surface area contributed by atoms with Gasteiger partial charge in [0.05, 0.1) is 18.5 Å². The van der Waals surface area contributed by atoms with Gasteiger partial charge in [0.25, 0.3) is 0 Å². The summed E-state index contributed by atoms with van der Waals surface area (Å²) in [6.45, 7) is 5.32. The highest BCUT2D eigenvalue weighted by atomic mass is 16.3. The number of aryl methyl sites for hydroxylation is 1. The van der Waals surface area contributed by atoms with Crippen molar-refractivity contribution < 1.29 is 9.21 Å². The van der Waals surface area contributed by atoms with E-state index in [0.29, 0.717) is 6.54 Å². The van der Waals surface area contributed by atoms with Gasteiger partial charge in [0.1, 0.15) is 5.76 Å². The van der Waals surface area contributed by atoms with Crippen molar-refractivity contribution in [2.45, 2.75) is 39.3 Å². The molecule has 5 heteroatoms. The first-order valence-corrected chi connectivity index (χ1v) is 9.01. The molecule has 3 aromatic rings. The lowest BCUT2D eigenvalue weighted by atomic mass is 10.2. The highest BCUT2D eigenvalue weighted by molar-refractivity contribution is 5.82. The highest BCUT2D eigenvalue weighted by Gasteiger charge is 2.45. The number of hydrogen-bond acceptors (Lipinski definition) is 3. The molecule has 0 saturated heterocycles. The Kier molecular flexibility index (Phi) is 4.37. The van der Waals surface area contributed by atoms with E-state index in [4.69, 9.17) is 4.42 Å². The minimum atomic E-state index is 0.0288. The fourth-order valence-corrected chi connectivity index (χ4v) is 3.51. The lowest BCUT2D eigenvalue weighted by Gasteiger charge is -2.07. The number of amides is 1. The van der Waals surface area contributed by atoms with Gasteiger partial charge in [-0.2, -0.15) is 5.10 Å². The number of carbonyl (C=O) groups excluding carboxylic acids is 1. The summed E-state index contributed by atoms with van der Waals surface area (Å²) >= 11 is 0. The van der Waals surface area contributed by atoms with E-state index in [1.807, 2.05) is 41.9 Å². The molecule has 5 nitrogen and oxygen atoms in total. The zero-order valence-corrected chi connectivity index (χ0v) is 15.1. The van der Waals surface area contributed by atoms with Gasteiger partial charge in [0, 0.05) is 29.6 Å². The predicted octanol–water partition coefficient (Wildman–Crippen LogP) is 3.56. The minimum absolute atomic E-state index is 0.0288. The molecular weight excluding hydrogens is 326 g/mol. The molecule has 0 unspecified atom stereocenters. The summed E-state index contributed by atoms with van der Waals surface area (Å²) in [5, 5.41) is 7.73. The standard InChI is InChI=1S/C21H23N3O2/c1-14-19(15(2)24(23-14)13-16-7-4-3-5-8-16)12-22-21(25)18-11-17(18)20-9-6-10-26-20/h3-10,17-18H,11-13H2,1-2H3,(H,22,25)/t17-,18-/m1/s1. The van der Waals surface area contributed by atoms with Crippen LogP contribution in [0, 0.1) is 19.8 Å². The Labute approximate surface area is 153 Å². The Morgan fingerprint density at radius 1 is 1.23 bits per heavy atom. The van der Waals surface area contributed by atoms with Crippen LogP contribution in [0.2, 0.25) is 0 Å². The highest BCUT2D eigenvalue weighted by Crippen LogP contribution is 2.47. The summed E-state index contributed by atoms with van der Waals surface area (Å²) in [5.41, 5.74) is 4.39. The molecule has 1 saturated carbocycles. The predicted molar refractivity (Wildman–Crippen MR) is 98.6 cm³/mol. The Bertz CT molecular complexity index is 897. The molecule has 134 valence electrons. The van der Waals surface area contributed by atoms with Crippen molar-refractivity contribution in [1.82, 2.24) is 15.1 Å². The van der Waals surface area contributed by atoms with E-state index in [0.717, 1.165) is 35.7 Å². The van der Waals surface area contributed by atoms with Crippen molar-refractivity contribution in [3.05, 3.63) is 77.0 Å². The van der Waals surface area contributed by atoms with Crippen LogP contribution in [0.25, 0.3) is 0 Å². The number of hydrogen-bond donors (Lipinski definition) is 1. The molecule has 1 N–H and O–H groups in total. The number of benzene rings is 1. The number of furan rings is 1. The van der Waals surface area contributed by atoms with Crippen LogP contribution >= 0.6 is 0 Å². The van der Waals surface area contributed by atoms with Gasteiger partial charge in [-0.25, -0.2) is 0 Å². The Morgan fingerprint density at radius 2 is 2.04 bits per heavy atom. The quantitative estimate of drug-likeness (QED) is 0.740. The molecule has 1 aliphatic rings. The summed E-state index contributed by atoms with van der Waals surface area (Å²) in [6.07, 6.45) is 2.53. The second-order valence-electron chi connectivity index (χ2n) is 6.97. The third-order valence-corrected chi connectivity index (χ3v) is 5.18. The van der Waals surface area contributed by atoms with Gasteiger partial charge in [-0.05, 0) is 38.0 Å². The Balaban J connectivity index is 1.39. The van der Waals surface area contributed by atoms with Gasteiger partial charge in [-0.3, -0.25) is 9.48 Å². The van der Waals surface area contributed by atoms with Crippen LogP contribution in [0.3, 0.4) is 0 Å². The molecule has 2 heterocycles. The normalized spacial score (nSPS) is 18.7. The summed E-state index contributed by atoms with van der Waals surface area (Å²) in [7, 11) is 0. The average Bonchev–Trinajstić information content (AvgIpc) is 3.17. The monoisotopic (exact) mass is 349 g/mol. The fourth-order valence-electron chi connectivity index (χ4n) is 3.51. The maximum Gasteiger partial charge on any atom is 0.224 e. The van der Waals surface area contributed by atoms with Crippen LogP contribution in [0.1, 0.15) is 40.6 Å². The van der Waals surface area contributed by atoms with Crippen LogP contribution in [0.5, 0.6) is 0 Å². The average molecular weight is 349 g/mol. The van der Waals surface area contributed by atoms with Crippen LogP contribution in [0.4, 0.5) is 0 Å². The summed E-state index contributed by atoms with van der Waals surface area (Å²) in [6, 6.07) is 14.1. The van der Waals surface area contributed by atoms with Crippen LogP contribution in [0.15, 0.2) is 53.1 Å². The molecule has 1 amide bonds. The SMILES string of the molecule is Cc1nn(Cc2ccccc2)c(C)c1CNC(=O)[C@@H]1C[C@H]1c1ccco1. The maximum absolute atomic E-state index is 12.4. The van der Waals surface area contributed by atoms with E-state index >= 15 is 0 Å². The smallest absolute Gasteiger partial charge is 0.224 e. The summed E-state index contributed by atoms with van der Waals surface area (Å²) in [5.74, 6) is 1.27. The first-order valence-electron chi connectivity index (χ1n) is 9.01. The van der Waals surface area contributed by atoms with E-state index < -0.39 is 0 Å². The van der Waals surface area contributed by atoms with Crippen molar-refractivity contribution in [2.24, 2.45) is 5.92 Å². The zero-order valence-electron chi connectivity index (χ0n) is 15.1. The molecule has 1 aromatic carbocycles. The summed E-state index contributed by atoms with van der Waals surface area (Å²) in [4.78, 5) is 12.4. The van der Waals surface area contributed by atoms with Crippen molar-refractivity contribution in [3.8, 4) is 0 Å². The minimum Gasteiger partial charge on any atom is -0.469 e. The lowest BCUT2D eigenvalue weighted by Crippen LogP contribution is -2.25. The molecule has 0 spiro atoms. The molecule has 26 heavy (non-hydrogen) atoms. The zero-order chi connectivity index (χ0) is 18.1. The van der Waals surface area contributed by atoms with Gasteiger partial charge in [-0.15, -0.1) is 0 Å². The molecule has 4 rings (SSSR count). The van der Waals surface area contributed by atoms with Gasteiger partial charge < -0.3 is 9.73 Å². The number of nitrogens with zero attached hydrogens (tertiary/aromatic N) is 2. The second-order valence-corrected chi connectivity index (χ2v) is 6.97. The molecule has 0 bridgehead atoms. The van der Waals surface area contributed by atoms with Gasteiger partial charge >= 0.3 is 0 Å². The lowest BCUT2D eigenvalue weighted by molar-refractivity contribution is -0.122. The van der Waals surface area contributed by atoms with Gasteiger partial charge in [0.2, 0.25) is 5.91 Å². The topological polar surface area (TPSA) is 60.1 Å². The fraction of sp³-hybridized carbons (Fsp3) is 0.333. The molecule has 0 radical (unpaired) electrons. The molecule has 2 aromatic heterocycles. The second kappa shape index (κ2) is 6.83. The van der Waals surface area contributed by atoms with E-state index in [1.165, 1.54) is 5.56 Å². The van der Waals surface area contributed by atoms with Crippen molar-refractivity contribution >= 4 is 5.91 Å². The molecular formula is C21H23N3O2. The Hall–Kier alpha value is -2.82. The number of aromatic nitrogens is 2. The van der Waals surface area contributed by atoms with Crippen molar-refractivity contribution in [1.29, 1.82) is 0 Å². The van der Waals surface area contributed by atoms with E-state index in [1.54, 1.807) is 6.26 Å². The molecule has 2 atom stereocenters. The summed E-state index contributed by atoms with van der Waals surface area (Å²) < 4.78 is 7.41. The molecule has 1 aliphatic carbocycles. The Morgan fingerprint density at radius 3 is 2.77 bits per heavy atom. The molecule has 1 fully saturated rings. The van der Waals surface area contributed by atoms with E-state index in [9.17, 15) is 4.79 Å². The van der Waals surface area contributed by atoms with Crippen LogP contribution in [-0.2, 0) is 17.9 Å².